The van der Waals surface area contributed by atoms with Gasteiger partial charge in [0.2, 0.25) is 5.91 Å². The van der Waals surface area contributed by atoms with Crippen LogP contribution in [0.2, 0.25) is 0 Å². The summed E-state index contributed by atoms with van der Waals surface area (Å²) in [5.74, 6) is 1.20. The third-order valence-corrected chi connectivity index (χ3v) is 4.64. The molecular weight excluding hydrogens is 336 g/mol. The van der Waals surface area contributed by atoms with Crippen LogP contribution in [0.5, 0.6) is 11.5 Å². The van der Waals surface area contributed by atoms with E-state index in [4.69, 9.17) is 9.47 Å². The van der Waals surface area contributed by atoms with Gasteiger partial charge in [0, 0.05) is 24.3 Å². The number of fused-ring (bicyclic) bond motifs is 1. The van der Waals surface area contributed by atoms with Crippen LogP contribution in [0.4, 0.5) is 0 Å². The first-order valence-corrected chi connectivity index (χ1v) is 8.53. The van der Waals surface area contributed by atoms with Gasteiger partial charge < -0.3 is 14.8 Å². The van der Waals surface area contributed by atoms with E-state index >= 15 is 0 Å². The zero-order chi connectivity index (χ0) is 17.6. The Bertz CT molecular complexity index is 885. The molecule has 0 spiro atoms. The number of carbonyl (C=O) groups excluding carboxylic acids is 1. The van der Waals surface area contributed by atoms with Crippen molar-refractivity contribution in [2.75, 3.05) is 14.2 Å². The van der Waals surface area contributed by atoms with Crippen LogP contribution in [0.1, 0.15) is 10.6 Å². The molecule has 0 unspecified atom stereocenters. The largest absolute Gasteiger partial charge is 0.497 e. The molecule has 1 amide bonds. The summed E-state index contributed by atoms with van der Waals surface area (Å²) in [6.07, 6.45) is 3.22. The van der Waals surface area contributed by atoms with Crippen LogP contribution < -0.4 is 14.8 Å². The van der Waals surface area contributed by atoms with Gasteiger partial charge in [-0.3, -0.25) is 4.79 Å². The van der Waals surface area contributed by atoms with Crippen LogP contribution >= 0.6 is 11.3 Å². The molecule has 0 saturated heterocycles. The second-order valence-electron chi connectivity index (χ2n) is 5.25. The topological polar surface area (TPSA) is 60.5 Å². The molecule has 1 heterocycles. The molecule has 0 atom stereocenters. The Kier molecular flexibility index (Phi) is 5.30. The van der Waals surface area contributed by atoms with Crippen molar-refractivity contribution >= 4 is 33.5 Å². The van der Waals surface area contributed by atoms with Crippen molar-refractivity contribution in [1.29, 1.82) is 0 Å². The average molecular weight is 354 g/mol. The molecule has 0 bridgehead atoms. The summed E-state index contributed by atoms with van der Waals surface area (Å²) in [6.45, 7) is 0.371. The Morgan fingerprint density at radius 2 is 2.04 bits per heavy atom. The van der Waals surface area contributed by atoms with Crippen LogP contribution in [0.25, 0.3) is 16.3 Å². The third-order valence-electron chi connectivity index (χ3n) is 3.64. The zero-order valence-corrected chi connectivity index (χ0v) is 14.8. The minimum absolute atomic E-state index is 0.183. The molecule has 0 aliphatic heterocycles. The van der Waals surface area contributed by atoms with E-state index in [-0.39, 0.29) is 5.91 Å². The fourth-order valence-electron chi connectivity index (χ4n) is 2.35. The number of para-hydroxylation sites is 1. The first-order valence-electron chi connectivity index (χ1n) is 7.72. The van der Waals surface area contributed by atoms with Crippen molar-refractivity contribution in [2.45, 2.75) is 6.54 Å². The van der Waals surface area contributed by atoms with E-state index in [1.54, 1.807) is 37.7 Å². The highest BCUT2D eigenvalue weighted by Crippen LogP contribution is 2.24. The van der Waals surface area contributed by atoms with Gasteiger partial charge in [0.15, 0.2) is 0 Å². The summed E-state index contributed by atoms with van der Waals surface area (Å²) in [4.78, 5) is 16.5. The molecule has 0 fully saturated rings. The van der Waals surface area contributed by atoms with Crippen LogP contribution in [0.3, 0.4) is 0 Å². The first-order chi connectivity index (χ1) is 12.2. The van der Waals surface area contributed by atoms with E-state index in [2.05, 4.69) is 10.3 Å². The van der Waals surface area contributed by atoms with Gasteiger partial charge in [0.1, 0.15) is 16.5 Å². The lowest BCUT2D eigenvalue weighted by atomic mass is 10.2. The Morgan fingerprint density at radius 3 is 2.80 bits per heavy atom. The number of hydrogen-bond donors (Lipinski definition) is 1. The quantitative estimate of drug-likeness (QED) is 0.687. The average Bonchev–Trinajstić information content (AvgIpc) is 3.07. The van der Waals surface area contributed by atoms with Gasteiger partial charge in [-0.15, -0.1) is 11.3 Å². The monoisotopic (exact) mass is 354 g/mol. The summed E-state index contributed by atoms with van der Waals surface area (Å²) in [7, 11) is 3.19. The number of carbonyl (C=O) groups is 1. The molecule has 2 aromatic carbocycles. The van der Waals surface area contributed by atoms with Gasteiger partial charge >= 0.3 is 0 Å². The molecular formula is C19H18N2O3S. The van der Waals surface area contributed by atoms with Gasteiger partial charge in [-0.1, -0.05) is 12.1 Å². The van der Waals surface area contributed by atoms with E-state index in [1.165, 1.54) is 6.08 Å². The van der Waals surface area contributed by atoms with Crippen LogP contribution in [-0.4, -0.2) is 25.1 Å². The number of rotatable bonds is 6. The lowest BCUT2D eigenvalue weighted by Gasteiger charge is -2.10. The highest BCUT2D eigenvalue weighted by atomic mass is 32.1. The molecule has 6 heteroatoms. The van der Waals surface area contributed by atoms with Gasteiger partial charge in [0.25, 0.3) is 0 Å². The van der Waals surface area contributed by atoms with E-state index in [0.29, 0.717) is 18.0 Å². The Morgan fingerprint density at radius 1 is 1.20 bits per heavy atom. The Hall–Kier alpha value is -2.86. The molecule has 1 aromatic heterocycles. The Labute approximate surface area is 149 Å². The van der Waals surface area contributed by atoms with Gasteiger partial charge in [-0.2, -0.15) is 0 Å². The molecule has 5 nitrogen and oxygen atoms in total. The minimum atomic E-state index is -0.183. The molecule has 3 aromatic rings. The van der Waals surface area contributed by atoms with E-state index in [1.807, 2.05) is 36.4 Å². The van der Waals surface area contributed by atoms with Gasteiger partial charge in [0.05, 0.1) is 24.4 Å². The number of thiazole rings is 1. The summed E-state index contributed by atoms with van der Waals surface area (Å²) in [5.41, 5.74) is 1.82. The summed E-state index contributed by atoms with van der Waals surface area (Å²) < 4.78 is 11.6. The maximum absolute atomic E-state index is 12.0. The van der Waals surface area contributed by atoms with Crippen molar-refractivity contribution in [1.82, 2.24) is 10.3 Å². The predicted molar refractivity (Wildman–Crippen MR) is 100 cm³/mol. The highest BCUT2D eigenvalue weighted by Gasteiger charge is 2.06. The highest BCUT2D eigenvalue weighted by molar-refractivity contribution is 7.19. The number of nitrogens with one attached hydrogen (secondary N) is 1. The van der Waals surface area contributed by atoms with Crippen LogP contribution in [-0.2, 0) is 11.3 Å². The van der Waals surface area contributed by atoms with Gasteiger partial charge in [-0.05, 0) is 30.3 Å². The van der Waals surface area contributed by atoms with Crippen molar-refractivity contribution in [3.63, 3.8) is 0 Å². The van der Waals surface area contributed by atoms with Crippen molar-refractivity contribution in [3.05, 3.63) is 59.1 Å². The van der Waals surface area contributed by atoms with E-state index in [9.17, 15) is 4.79 Å². The maximum atomic E-state index is 12.0. The molecule has 0 radical (unpaired) electrons. The molecule has 0 aliphatic carbocycles. The summed E-state index contributed by atoms with van der Waals surface area (Å²) in [5, 5.41) is 3.65. The maximum Gasteiger partial charge on any atom is 0.244 e. The second-order valence-corrected chi connectivity index (χ2v) is 6.31. The standard InChI is InChI=1S/C19H18N2O3S/c1-23-14-8-7-13(16(11-14)24-2)12-20-18(22)9-10-19-21-15-5-3-4-6-17(15)25-19/h3-11H,12H2,1-2H3,(H,20,22). The number of aromatic nitrogens is 1. The molecule has 25 heavy (non-hydrogen) atoms. The fraction of sp³-hybridized carbons (Fsp3) is 0.158. The lowest BCUT2D eigenvalue weighted by molar-refractivity contribution is -0.116. The number of hydrogen-bond acceptors (Lipinski definition) is 5. The first kappa shape index (κ1) is 17.0. The summed E-state index contributed by atoms with van der Waals surface area (Å²) >= 11 is 1.55. The van der Waals surface area contributed by atoms with E-state index in [0.717, 1.165) is 20.8 Å². The second kappa shape index (κ2) is 7.81. The number of ether oxygens (including phenoxy) is 2. The Balaban J connectivity index is 1.62. The normalized spacial score (nSPS) is 11.0. The van der Waals surface area contributed by atoms with Crippen LogP contribution in [0, 0.1) is 0 Å². The zero-order valence-electron chi connectivity index (χ0n) is 14.0. The molecule has 1 N–H and O–H groups in total. The predicted octanol–water partition coefficient (Wildman–Crippen LogP) is 3.64. The van der Waals surface area contributed by atoms with E-state index < -0.39 is 0 Å². The minimum Gasteiger partial charge on any atom is -0.497 e. The fourth-order valence-corrected chi connectivity index (χ4v) is 3.22. The lowest BCUT2D eigenvalue weighted by Crippen LogP contribution is -2.20. The number of methoxy groups -OCH3 is 2. The number of amides is 1. The van der Waals surface area contributed by atoms with Crippen molar-refractivity contribution < 1.29 is 14.3 Å². The number of benzene rings is 2. The smallest absolute Gasteiger partial charge is 0.244 e. The molecule has 0 aliphatic rings. The van der Waals surface area contributed by atoms with Crippen molar-refractivity contribution in [2.24, 2.45) is 0 Å². The molecule has 0 saturated carbocycles. The molecule has 128 valence electrons. The SMILES string of the molecule is COc1ccc(CNC(=O)C=Cc2nc3ccccc3s2)c(OC)c1. The van der Waals surface area contributed by atoms with Crippen molar-refractivity contribution in [3.8, 4) is 11.5 Å². The number of nitrogens with zero attached hydrogens (tertiary/aromatic N) is 1. The van der Waals surface area contributed by atoms with Crippen LogP contribution in [0.15, 0.2) is 48.5 Å². The summed E-state index contributed by atoms with van der Waals surface area (Å²) in [6, 6.07) is 13.4. The van der Waals surface area contributed by atoms with Gasteiger partial charge in [-0.25, -0.2) is 4.98 Å². The third kappa shape index (κ3) is 4.16. The molecule has 3 rings (SSSR count).